The third kappa shape index (κ3) is 31.7. The van der Waals surface area contributed by atoms with Crippen molar-refractivity contribution in [1.29, 1.82) is 0 Å². The molecule has 0 aromatic rings. The number of hydrogen-bond donors (Lipinski definition) is 3. The highest BCUT2D eigenvalue weighted by Gasteiger charge is 2.23. The summed E-state index contributed by atoms with van der Waals surface area (Å²) in [5.41, 5.74) is 0. The van der Waals surface area contributed by atoms with Gasteiger partial charge in [-0.2, -0.15) is 0 Å². The summed E-state index contributed by atoms with van der Waals surface area (Å²) in [6.07, 6.45) is 29.0. The van der Waals surface area contributed by atoms with Crippen LogP contribution in [-0.2, 0) is 27.9 Å². The summed E-state index contributed by atoms with van der Waals surface area (Å²) in [6.45, 7) is 3.32. The second-order valence-electron chi connectivity index (χ2n) is 11.1. The Hall–Kier alpha value is -1.51. The van der Waals surface area contributed by atoms with E-state index in [1.807, 2.05) is 6.92 Å². The largest absolute Gasteiger partial charge is 0.472 e. The maximum absolute atomic E-state index is 11.9. The molecular formula is C33H62NO8P. The molecule has 43 heavy (non-hydrogen) atoms. The van der Waals surface area contributed by atoms with Crippen LogP contribution < -0.4 is 5.32 Å². The van der Waals surface area contributed by atoms with E-state index in [4.69, 9.17) is 13.8 Å². The fourth-order valence-corrected chi connectivity index (χ4v) is 5.05. The first-order chi connectivity index (χ1) is 20.8. The van der Waals surface area contributed by atoms with E-state index in [0.717, 1.165) is 44.9 Å². The zero-order chi connectivity index (χ0) is 31.9. The Morgan fingerprint density at radius 1 is 0.721 bits per heavy atom. The van der Waals surface area contributed by atoms with Gasteiger partial charge in [-0.3, -0.25) is 18.6 Å². The minimum atomic E-state index is -4.39. The highest BCUT2D eigenvalue weighted by molar-refractivity contribution is 7.47. The molecule has 9 nitrogen and oxygen atoms in total. The number of phosphoric acid groups is 1. The molecule has 2 unspecified atom stereocenters. The Morgan fingerprint density at radius 2 is 1.26 bits per heavy atom. The third-order valence-corrected chi connectivity index (χ3v) is 7.87. The number of hydrogen-bond acceptors (Lipinski definition) is 7. The minimum Gasteiger partial charge on any atom is -0.463 e. The molecule has 0 aliphatic heterocycles. The lowest BCUT2D eigenvalue weighted by Gasteiger charge is -2.15. The van der Waals surface area contributed by atoms with Gasteiger partial charge in [0.05, 0.1) is 13.2 Å². The zero-order valence-electron chi connectivity index (χ0n) is 27.1. The number of rotatable bonds is 31. The van der Waals surface area contributed by atoms with Crippen molar-refractivity contribution < 1.29 is 37.9 Å². The quantitative estimate of drug-likeness (QED) is 0.0303. The monoisotopic (exact) mass is 631 g/mol. The van der Waals surface area contributed by atoms with E-state index in [1.165, 1.54) is 70.6 Å². The standard InChI is InChI=1S/C33H62NO8P/c1-3-5-7-8-9-10-11-12-13-14-15-16-17-18-19-20-21-22-24-26-33(37)40-29-31(35)30-42-43(38,39)41-28-27-34-32(36)25-23-6-4-2/h9-10,12-13,31,35H,3-8,11,14-30H2,1-2H3,(H,34,36)(H,38,39)/b10-9-,13-12-. The fraction of sp³-hybridized carbons (Fsp3) is 0.818. The van der Waals surface area contributed by atoms with Gasteiger partial charge in [0.2, 0.25) is 5.91 Å². The first-order valence-electron chi connectivity index (χ1n) is 16.8. The molecule has 2 atom stereocenters. The van der Waals surface area contributed by atoms with Gasteiger partial charge in [-0.25, -0.2) is 4.57 Å². The summed E-state index contributed by atoms with van der Waals surface area (Å²) < 4.78 is 26.4. The van der Waals surface area contributed by atoms with Gasteiger partial charge in [-0.05, 0) is 44.9 Å². The molecule has 0 spiro atoms. The van der Waals surface area contributed by atoms with Crippen molar-refractivity contribution in [2.24, 2.45) is 0 Å². The van der Waals surface area contributed by atoms with Gasteiger partial charge < -0.3 is 20.1 Å². The van der Waals surface area contributed by atoms with Crippen molar-refractivity contribution in [1.82, 2.24) is 5.32 Å². The number of unbranched alkanes of at least 4 members (excludes halogenated alkanes) is 14. The average Bonchev–Trinajstić information content (AvgIpc) is 2.98. The van der Waals surface area contributed by atoms with Crippen LogP contribution in [0.4, 0.5) is 0 Å². The van der Waals surface area contributed by atoms with E-state index < -0.39 is 26.5 Å². The summed E-state index contributed by atoms with van der Waals surface area (Å²) in [5, 5.41) is 12.5. The van der Waals surface area contributed by atoms with E-state index in [0.29, 0.717) is 6.42 Å². The fourth-order valence-electron chi connectivity index (χ4n) is 4.29. The maximum atomic E-state index is 11.9. The number of carbonyl (C=O) groups excluding carboxylic acids is 2. The van der Waals surface area contributed by atoms with E-state index in [1.54, 1.807) is 0 Å². The number of phosphoric ester groups is 1. The summed E-state index contributed by atoms with van der Waals surface area (Å²) >= 11 is 0. The van der Waals surface area contributed by atoms with Crippen LogP contribution >= 0.6 is 7.82 Å². The van der Waals surface area contributed by atoms with Crippen LogP contribution in [-0.4, -0.2) is 54.3 Å². The number of amides is 1. The Labute approximate surface area is 261 Å². The van der Waals surface area contributed by atoms with E-state index in [-0.39, 0.29) is 32.1 Å². The Morgan fingerprint density at radius 3 is 1.88 bits per heavy atom. The lowest BCUT2D eigenvalue weighted by atomic mass is 10.1. The predicted molar refractivity (Wildman–Crippen MR) is 174 cm³/mol. The number of aliphatic hydroxyl groups is 1. The number of ether oxygens (including phenoxy) is 1. The van der Waals surface area contributed by atoms with Gasteiger partial charge in [-0.1, -0.05) is 109 Å². The zero-order valence-corrected chi connectivity index (χ0v) is 28.0. The highest BCUT2D eigenvalue weighted by Crippen LogP contribution is 2.42. The molecule has 0 saturated heterocycles. The molecule has 0 fully saturated rings. The molecule has 252 valence electrons. The lowest BCUT2D eigenvalue weighted by Crippen LogP contribution is -2.27. The van der Waals surface area contributed by atoms with Crippen LogP contribution in [0.15, 0.2) is 24.3 Å². The number of allylic oxidation sites excluding steroid dienone is 4. The topological polar surface area (TPSA) is 131 Å². The number of esters is 1. The van der Waals surface area contributed by atoms with Crippen molar-refractivity contribution >= 4 is 19.7 Å². The van der Waals surface area contributed by atoms with E-state index in [2.05, 4.69) is 36.5 Å². The van der Waals surface area contributed by atoms with Crippen LogP contribution in [0.3, 0.4) is 0 Å². The Bertz CT molecular complexity index is 774. The van der Waals surface area contributed by atoms with Gasteiger partial charge in [0.15, 0.2) is 0 Å². The molecule has 0 aromatic carbocycles. The first-order valence-corrected chi connectivity index (χ1v) is 18.3. The number of aliphatic hydroxyl groups excluding tert-OH is 1. The van der Waals surface area contributed by atoms with Gasteiger partial charge in [0, 0.05) is 19.4 Å². The van der Waals surface area contributed by atoms with Crippen LogP contribution in [0.1, 0.15) is 142 Å². The first kappa shape index (κ1) is 41.5. The lowest BCUT2D eigenvalue weighted by molar-refractivity contribution is -0.147. The number of nitrogens with one attached hydrogen (secondary N) is 1. The predicted octanol–water partition coefficient (Wildman–Crippen LogP) is 8.09. The van der Waals surface area contributed by atoms with Gasteiger partial charge in [-0.15, -0.1) is 0 Å². The van der Waals surface area contributed by atoms with Crippen molar-refractivity contribution in [2.75, 3.05) is 26.4 Å². The van der Waals surface area contributed by atoms with Gasteiger partial charge in [0.1, 0.15) is 12.7 Å². The molecule has 1 amide bonds. The molecule has 0 rings (SSSR count). The molecule has 10 heteroatoms. The molecule has 0 aliphatic rings. The number of carbonyl (C=O) groups is 2. The van der Waals surface area contributed by atoms with Crippen LogP contribution in [0.2, 0.25) is 0 Å². The van der Waals surface area contributed by atoms with Crippen molar-refractivity contribution in [3.63, 3.8) is 0 Å². The molecule has 0 aliphatic carbocycles. The Kier molecular flexibility index (Phi) is 29.4. The van der Waals surface area contributed by atoms with Crippen LogP contribution in [0, 0.1) is 0 Å². The molecule has 3 N–H and O–H groups in total. The molecule has 0 heterocycles. The van der Waals surface area contributed by atoms with E-state index >= 15 is 0 Å². The molecule has 0 radical (unpaired) electrons. The van der Waals surface area contributed by atoms with Crippen molar-refractivity contribution in [2.45, 2.75) is 148 Å². The van der Waals surface area contributed by atoms with Gasteiger partial charge >= 0.3 is 13.8 Å². The van der Waals surface area contributed by atoms with Gasteiger partial charge in [0.25, 0.3) is 0 Å². The molecule has 0 bridgehead atoms. The van der Waals surface area contributed by atoms with Crippen molar-refractivity contribution in [3.05, 3.63) is 24.3 Å². The minimum absolute atomic E-state index is 0.0783. The second-order valence-corrected chi connectivity index (χ2v) is 12.6. The average molecular weight is 632 g/mol. The second kappa shape index (κ2) is 30.5. The van der Waals surface area contributed by atoms with Crippen LogP contribution in [0.5, 0.6) is 0 Å². The summed E-state index contributed by atoms with van der Waals surface area (Å²) in [5.74, 6) is -0.547. The highest BCUT2D eigenvalue weighted by atomic mass is 31.2. The molecular weight excluding hydrogens is 569 g/mol. The normalized spacial score (nSPS) is 13.9. The summed E-state index contributed by atoms with van der Waals surface area (Å²) in [4.78, 5) is 33.2. The molecule has 0 aromatic heterocycles. The smallest absolute Gasteiger partial charge is 0.463 e. The third-order valence-electron chi connectivity index (χ3n) is 6.88. The van der Waals surface area contributed by atoms with E-state index in [9.17, 15) is 24.2 Å². The van der Waals surface area contributed by atoms with Crippen molar-refractivity contribution in [3.8, 4) is 0 Å². The summed E-state index contributed by atoms with van der Waals surface area (Å²) in [7, 11) is -4.39. The summed E-state index contributed by atoms with van der Waals surface area (Å²) in [6, 6.07) is 0. The SMILES string of the molecule is CCCCC/C=C\C/C=C\CCCCCCCCCCCC(=O)OCC(O)COP(=O)(O)OCCNC(=O)CCCCC. The van der Waals surface area contributed by atoms with Crippen LogP contribution in [0.25, 0.3) is 0 Å². The Balaban J connectivity index is 3.58. The molecule has 0 saturated carbocycles. The maximum Gasteiger partial charge on any atom is 0.472 e.